The van der Waals surface area contributed by atoms with E-state index in [9.17, 15) is 4.79 Å². The number of amides is 1. The van der Waals surface area contributed by atoms with Gasteiger partial charge in [-0.15, -0.1) is 11.8 Å². The van der Waals surface area contributed by atoms with E-state index in [-0.39, 0.29) is 11.2 Å². The Morgan fingerprint density at radius 2 is 1.86 bits per heavy atom. The van der Waals surface area contributed by atoms with E-state index in [4.69, 9.17) is 4.74 Å². The van der Waals surface area contributed by atoms with Crippen LogP contribution in [0.15, 0.2) is 53.4 Å². The van der Waals surface area contributed by atoms with Crippen LogP contribution in [0.5, 0.6) is 5.75 Å². The van der Waals surface area contributed by atoms with Crippen LogP contribution in [0.25, 0.3) is 0 Å². The fourth-order valence-corrected chi connectivity index (χ4v) is 2.94. The summed E-state index contributed by atoms with van der Waals surface area (Å²) in [6.07, 6.45) is 0. The van der Waals surface area contributed by atoms with Crippen molar-refractivity contribution >= 4 is 17.7 Å². The zero-order valence-corrected chi connectivity index (χ0v) is 13.9. The molecule has 1 atom stereocenters. The van der Waals surface area contributed by atoms with Gasteiger partial charge in [0.2, 0.25) is 5.91 Å². The molecule has 0 aliphatic rings. The number of thioether (sulfide) groups is 1. The number of carbonyl (C=O) groups is 1. The molecule has 0 aromatic heterocycles. The molecule has 1 amide bonds. The summed E-state index contributed by atoms with van der Waals surface area (Å²) in [5.74, 6) is 0.818. The van der Waals surface area contributed by atoms with E-state index in [0.29, 0.717) is 6.54 Å². The van der Waals surface area contributed by atoms with E-state index in [1.54, 1.807) is 18.9 Å². The maximum Gasteiger partial charge on any atom is 0.233 e. The van der Waals surface area contributed by atoms with Crippen molar-refractivity contribution < 1.29 is 9.53 Å². The average Bonchev–Trinajstić information content (AvgIpc) is 2.54. The molecule has 0 unspecified atom stereocenters. The molecule has 22 heavy (non-hydrogen) atoms. The van der Waals surface area contributed by atoms with Crippen LogP contribution in [0.4, 0.5) is 0 Å². The highest BCUT2D eigenvalue weighted by Crippen LogP contribution is 2.24. The molecule has 0 heterocycles. The van der Waals surface area contributed by atoms with E-state index in [1.165, 1.54) is 5.56 Å². The number of para-hydroxylation sites is 1. The van der Waals surface area contributed by atoms with Crippen molar-refractivity contribution in [2.45, 2.75) is 30.5 Å². The number of ether oxygens (including phenoxy) is 1. The molecular formula is C18H21NO2S. The summed E-state index contributed by atoms with van der Waals surface area (Å²) >= 11 is 1.56. The highest BCUT2D eigenvalue weighted by atomic mass is 32.2. The van der Waals surface area contributed by atoms with E-state index >= 15 is 0 Å². The first-order valence-corrected chi connectivity index (χ1v) is 8.11. The lowest BCUT2D eigenvalue weighted by atomic mass is 10.2. The van der Waals surface area contributed by atoms with Crippen molar-refractivity contribution in [2.24, 2.45) is 0 Å². The molecule has 0 radical (unpaired) electrons. The Hall–Kier alpha value is -1.94. The van der Waals surface area contributed by atoms with Crippen LogP contribution < -0.4 is 10.1 Å². The topological polar surface area (TPSA) is 38.3 Å². The minimum Gasteiger partial charge on any atom is -0.496 e. The summed E-state index contributed by atoms with van der Waals surface area (Å²) < 4.78 is 5.29. The third kappa shape index (κ3) is 4.53. The van der Waals surface area contributed by atoms with Gasteiger partial charge in [-0.05, 0) is 32.0 Å². The fraction of sp³-hybridized carbons (Fsp3) is 0.278. The molecule has 4 heteroatoms. The van der Waals surface area contributed by atoms with E-state index in [1.807, 2.05) is 43.3 Å². The third-order valence-corrected chi connectivity index (χ3v) is 4.46. The lowest BCUT2D eigenvalue weighted by Crippen LogP contribution is -2.30. The van der Waals surface area contributed by atoms with Gasteiger partial charge in [-0.3, -0.25) is 4.79 Å². The van der Waals surface area contributed by atoms with Gasteiger partial charge >= 0.3 is 0 Å². The van der Waals surface area contributed by atoms with Crippen LogP contribution in [-0.4, -0.2) is 18.3 Å². The first-order chi connectivity index (χ1) is 10.6. The van der Waals surface area contributed by atoms with Gasteiger partial charge < -0.3 is 10.1 Å². The highest BCUT2D eigenvalue weighted by molar-refractivity contribution is 8.00. The number of methoxy groups -OCH3 is 1. The first-order valence-electron chi connectivity index (χ1n) is 7.23. The molecule has 3 nitrogen and oxygen atoms in total. The second-order valence-electron chi connectivity index (χ2n) is 5.10. The molecule has 2 aromatic rings. The van der Waals surface area contributed by atoms with E-state index in [0.717, 1.165) is 16.2 Å². The van der Waals surface area contributed by atoms with Gasteiger partial charge in [-0.2, -0.15) is 0 Å². The number of rotatable bonds is 6. The minimum atomic E-state index is -0.141. The van der Waals surface area contributed by atoms with E-state index < -0.39 is 0 Å². The maximum absolute atomic E-state index is 12.2. The standard InChI is InChI=1S/C18H21NO2S/c1-13-8-10-16(11-9-13)22-14(2)18(20)19-12-15-6-4-5-7-17(15)21-3/h4-11,14H,12H2,1-3H3,(H,19,20)/t14-/m1/s1. The average molecular weight is 315 g/mol. The molecule has 0 saturated carbocycles. The second kappa shape index (κ2) is 7.90. The van der Waals surface area contributed by atoms with Gasteiger partial charge in [0.1, 0.15) is 5.75 Å². The zero-order chi connectivity index (χ0) is 15.9. The lowest BCUT2D eigenvalue weighted by molar-refractivity contribution is -0.120. The second-order valence-corrected chi connectivity index (χ2v) is 6.52. The summed E-state index contributed by atoms with van der Waals surface area (Å²) in [7, 11) is 1.64. The quantitative estimate of drug-likeness (QED) is 0.824. The molecule has 116 valence electrons. The minimum absolute atomic E-state index is 0.0245. The smallest absolute Gasteiger partial charge is 0.233 e. The molecular weight excluding hydrogens is 294 g/mol. The Balaban J connectivity index is 1.90. The summed E-state index contributed by atoms with van der Waals surface area (Å²) in [5, 5.41) is 2.82. The third-order valence-electron chi connectivity index (χ3n) is 3.35. The molecule has 0 fully saturated rings. The van der Waals surface area contributed by atoms with Crippen LogP contribution in [0.2, 0.25) is 0 Å². The number of nitrogens with one attached hydrogen (secondary N) is 1. The summed E-state index contributed by atoms with van der Waals surface area (Å²) in [4.78, 5) is 13.3. The van der Waals surface area contributed by atoms with Crippen LogP contribution >= 0.6 is 11.8 Å². The van der Waals surface area contributed by atoms with Gasteiger partial charge in [-0.25, -0.2) is 0 Å². The van der Waals surface area contributed by atoms with Crippen LogP contribution in [0.3, 0.4) is 0 Å². The fourth-order valence-electron chi connectivity index (χ4n) is 2.05. The van der Waals surface area contributed by atoms with Crippen LogP contribution in [-0.2, 0) is 11.3 Å². The number of hydrogen-bond donors (Lipinski definition) is 1. The summed E-state index contributed by atoms with van der Waals surface area (Å²) in [5.41, 5.74) is 2.20. The molecule has 0 saturated heterocycles. The highest BCUT2D eigenvalue weighted by Gasteiger charge is 2.14. The van der Waals surface area contributed by atoms with Crippen molar-refractivity contribution in [3.05, 3.63) is 59.7 Å². The van der Waals surface area contributed by atoms with Gasteiger partial charge in [0, 0.05) is 17.0 Å². The van der Waals surface area contributed by atoms with Crippen molar-refractivity contribution in [3.8, 4) is 5.75 Å². The SMILES string of the molecule is COc1ccccc1CNC(=O)[C@@H](C)Sc1ccc(C)cc1. The maximum atomic E-state index is 12.2. The summed E-state index contributed by atoms with van der Waals surface area (Å²) in [6.45, 7) is 4.45. The Bertz CT molecular complexity index is 625. The molecule has 0 aliphatic carbocycles. The first kappa shape index (κ1) is 16.4. The lowest BCUT2D eigenvalue weighted by Gasteiger charge is -2.13. The number of benzene rings is 2. The van der Waals surface area contributed by atoms with Crippen molar-refractivity contribution in [2.75, 3.05) is 7.11 Å². The predicted molar refractivity (Wildman–Crippen MR) is 91.3 cm³/mol. The van der Waals surface area contributed by atoms with Gasteiger partial charge in [0.05, 0.1) is 12.4 Å². The van der Waals surface area contributed by atoms with Crippen LogP contribution in [0, 0.1) is 6.92 Å². The monoisotopic (exact) mass is 315 g/mol. The zero-order valence-electron chi connectivity index (χ0n) is 13.1. The molecule has 0 spiro atoms. The van der Waals surface area contributed by atoms with E-state index in [2.05, 4.69) is 24.4 Å². The Morgan fingerprint density at radius 3 is 2.55 bits per heavy atom. The number of aryl methyl sites for hydroxylation is 1. The summed E-state index contributed by atoms with van der Waals surface area (Å²) in [6, 6.07) is 15.9. The molecule has 0 aliphatic heterocycles. The van der Waals surface area contributed by atoms with Gasteiger partial charge in [-0.1, -0.05) is 35.9 Å². The number of hydrogen-bond acceptors (Lipinski definition) is 3. The largest absolute Gasteiger partial charge is 0.496 e. The van der Waals surface area contributed by atoms with Crippen LogP contribution in [0.1, 0.15) is 18.1 Å². The van der Waals surface area contributed by atoms with Gasteiger partial charge in [0.25, 0.3) is 0 Å². The van der Waals surface area contributed by atoms with Gasteiger partial charge in [0.15, 0.2) is 0 Å². The number of carbonyl (C=O) groups excluding carboxylic acids is 1. The van der Waals surface area contributed by atoms with Crippen molar-refractivity contribution in [3.63, 3.8) is 0 Å². The Kier molecular flexibility index (Phi) is 5.90. The molecule has 2 aromatic carbocycles. The normalized spacial score (nSPS) is 11.8. The van der Waals surface area contributed by atoms with Crippen molar-refractivity contribution in [1.29, 1.82) is 0 Å². The Labute approximate surface area is 136 Å². The molecule has 0 bridgehead atoms. The molecule has 1 N–H and O–H groups in total. The van der Waals surface area contributed by atoms with Crippen molar-refractivity contribution in [1.82, 2.24) is 5.32 Å². The molecule has 2 rings (SSSR count). The Morgan fingerprint density at radius 1 is 1.18 bits per heavy atom. The predicted octanol–water partition coefficient (Wildman–Crippen LogP) is 3.80.